The molecule has 1 aliphatic heterocycles. The van der Waals surface area contributed by atoms with Gasteiger partial charge in [0.05, 0.1) is 19.2 Å². The first-order valence-electron chi connectivity index (χ1n) is 11.1. The van der Waals surface area contributed by atoms with Gasteiger partial charge in [-0.1, -0.05) is 60.7 Å². The number of ether oxygens (including phenoxy) is 1. The van der Waals surface area contributed by atoms with Gasteiger partial charge < -0.3 is 19.1 Å². The van der Waals surface area contributed by atoms with E-state index >= 15 is 0 Å². The summed E-state index contributed by atoms with van der Waals surface area (Å²) in [5.74, 6) is -0.224. The van der Waals surface area contributed by atoms with Crippen molar-refractivity contribution < 1.29 is 14.3 Å². The Morgan fingerprint density at radius 2 is 1.69 bits per heavy atom. The van der Waals surface area contributed by atoms with Gasteiger partial charge in [0, 0.05) is 31.5 Å². The van der Waals surface area contributed by atoms with Gasteiger partial charge in [0.15, 0.2) is 0 Å². The minimum atomic E-state index is -0.173. The summed E-state index contributed by atoms with van der Waals surface area (Å²) < 4.78 is 7.79. The number of nitrogens with zero attached hydrogens (tertiary/aromatic N) is 3. The smallest absolute Gasteiger partial charge is 0.249 e. The van der Waals surface area contributed by atoms with E-state index in [0.717, 1.165) is 23.4 Å². The predicted octanol–water partition coefficient (Wildman–Crippen LogP) is 3.49. The zero-order valence-electron chi connectivity index (χ0n) is 18.4. The number of hydrogen-bond acceptors (Lipinski definition) is 3. The van der Waals surface area contributed by atoms with E-state index in [2.05, 4.69) is 16.8 Å². The van der Waals surface area contributed by atoms with E-state index in [1.165, 1.54) is 0 Å². The van der Waals surface area contributed by atoms with E-state index in [0.29, 0.717) is 19.7 Å². The highest BCUT2D eigenvalue weighted by molar-refractivity contribution is 5.86. The normalized spacial score (nSPS) is 15.3. The standard InChI is InChI=1S/C26H29N3O3/c1-2-27(25(31)20-32-19-21-10-5-3-6-11-21)18-24(30)29-17-16-28-15-9-14-23(28)26(29)22-12-7-4-8-13-22/h3-15,26H,2,16-20H2,1H3. The molecule has 1 aromatic heterocycles. The molecule has 1 atom stereocenters. The zero-order chi connectivity index (χ0) is 22.3. The third-order valence-corrected chi connectivity index (χ3v) is 5.87. The van der Waals surface area contributed by atoms with Gasteiger partial charge in [-0.25, -0.2) is 0 Å². The van der Waals surface area contributed by atoms with Gasteiger partial charge in [-0.2, -0.15) is 0 Å². The Bertz CT molecular complexity index is 1030. The monoisotopic (exact) mass is 431 g/mol. The van der Waals surface area contributed by atoms with Gasteiger partial charge in [0.25, 0.3) is 0 Å². The Hall–Kier alpha value is -3.38. The van der Waals surface area contributed by atoms with Crippen LogP contribution in [-0.4, -0.2) is 52.4 Å². The number of carbonyl (C=O) groups is 2. The van der Waals surface area contributed by atoms with Crippen LogP contribution >= 0.6 is 0 Å². The van der Waals surface area contributed by atoms with Crippen molar-refractivity contribution in [2.75, 3.05) is 26.2 Å². The van der Waals surface area contributed by atoms with E-state index in [4.69, 9.17) is 4.74 Å². The van der Waals surface area contributed by atoms with Crippen LogP contribution in [0.3, 0.4) is 0 Å². The number of fused-ring (bicyclic) bond motifs is 1. The molecule has 4 rings (SSSR count). The maximum atomic E-state index is 13.4. The molecule has 0 aliphatic carbocycles. The first kappa shape index (κ1) is 21.8. The summed E-state index contributed by atoms with van der Waals surface area (Å²) in [7, 11) is 0. The number of carbonyl (C=O) groups excluding carboxylic acids is 2. The highest BCUT2D eigenvalue weighted by atomic mass is 16.5. The molecule has 0 saturated heterocycles. The highest BCUT2D eigenvalue weighted by Crippen LogP contribution is 2.32. The van der Waals surface area contributed by atoms with E-state index < -0.39 is 0 Å². The average Bonchev–Trinajstić information content (AvgIpc) is 3.32. The van der Waals surface area contributed by atoms with Crippen LogP contribution < -0.4 is 0 Å². The maximum Gasteiger partial charge on any atom is 0.249 e. The second-order valence-corrected chi connectivity index (χ2v) is 7.91. The Kier molecular flexibility index (Phi) is 7.02. The van der Waals surface area contributed by atoms with Crippen molar-refractivity contribution in [3.8, 4) is 0 Å². The number of rotatable bonds is 8. The molecule has 0 N–H and O–H groups in total. The van der Waals surface area contributed by atoms with E-state index in [1.807, 2.05) is 78.6 Å². The molecule has 166 valence electrons. The van der Waals surface area contributed by atoms with Crippen LogP contribution in [0.15, 0.2) is 79.0 Å². The van der Waals surface area contributed by atoms with Crippen LogP contribution in [0.25, 0.3) is 0 Å². The molecule has 0 saturated carbocycles. The summed E-state index contributed by atoms with van der Waals surface area (Å²) in [5, 5.41) is 0. The molecule has 1 unspecified atom stereocenters. The minimum absolute atomic E-state index is 0.0407. The van der Waals surface area contributed by atoms with Crippen molar-refractivity contribution >= 4 is 11.8 Å². The molecule has 2 amide bonds. The van der Waals surface area contributed by atoms with Crippen LogP contribution in [0, 0.1) is 0 Å². The van der Waals surface area contributed by atoms with Gasteiger partial charge in [0.1, 0.15) is 6.61 Å². The fourth-order valence-electron chi connectivity index (χ4n) is 4.19. The Balaban J connectivity index is 1.42. The lowest BCUT2D eigenvalue weighted by Gasteiger charge is -2.38. The molecule has 2 heterocycles. The lowest BCUT2D eigenvalue weighted by atomic mass is 10.00. The molecule has 0 spiro atoms. The molecule has 0 bridgehead atoms. The van der Waals surface area contributed by atoms with Crippen LogP contribution in [0.2, 0.25) is 0 Å². The molecular formula is C26H29N3O3. The molecule has 0 fully saturated rings. The molecule has 32 heavy (non-hydrogen) atoms. The van der Waals surface area contributed by atoms with Crippen LogP contribution in [-0.2, 0) is 27.5 Å². The average molecular weight is 432 g/mol. The number of amides is 2. The van der Waals surface area contributed by atoms with Crippen molar-refractivity contribution in [1.82, 2.24) is 14.4 Å². The van der Waals surface area contributed by atoms with Gasteiger partial charge in [-0.05, 0) is 30.2 Å². The van der Waals surface area contributed by atoms with Gasteiger partial charge in [0.2, 0.25) is 11.8 Å². The molecule has 6 nitrogen and oxygen atoms in total. The second kappa shape index (κ2) is 10.3. The Labute approximate surface area is 189 Å². The zero-order valence-corrected chi connectivity index (χ0v) is 18.4. The molecule has 0 radical (unpaired) electrons. The summed E-state index contributed by atoms with van der Waals surface area (Å²) in [6.45, 7) is 4.08. The molecule has 1 aliphatic rings. The fraction of sp³-hybridized carbons (Fsp3) is 0.308. The quantitative estimate of drug-likeness (QED) is 0.549. The number of hydrogen-bond donors (Lipinski definition) is 0. The first-order valence-corrected chi connectivity index (χ1v) is 11.1. The molecule has 2 aromatic carbocycles. The van der Waals surface area contributed by atoms with Gasteiger partial charge in [-0.15, -0.1) is 0 Å². The van der Waals surface area contributed by atoms with Crippen molar-refractivity contribution in [3.05, 3.63) is 95.8 Å². The lowest BCUT2D eigenvalue weighted by molar-refractivity contribution is -0.144. The van der Waals surface area contributed by atoms with Crippen molar-refractivity contribution in [2.45, 2.75) is 26.1 Å². The largest absolute Gasteiger partial charge is 0.367 e. The summed E-state index contributed by atoms with van der Waals surface area (Å²) in [6, 6.07) is 23.7. The second-order valence-electron chi connectivity index (χ2n) is 7.91. The van der Waals surface area contributed by atoms with E-state index in [1.54, 1.807) is 4.90 Å². The summed E-state index contributed by atoms with van der Waals surface area (Å²) >= 11 is 0. The third kappa shape index (κ3) is 4.92. The van der Waals surface area contributed by atoms with Crippen LogP contribution in [0.4, 0.5) is 0 Å². The lowest BCUT2D eigenvalue weighted by Crippen LogP contribution is -2.48. The third-order valence-electron chi connectivity index (χ3n) is 5.87. The number of benzene rings is 2. The van der Waals surface area contributed by atoms with Crippen molar-refractivity contribution in [2.24, 2.45) is 0 Å². The SMILES string of the molecule is CCN(CC(=O)N1CCn2cccc2C1c1ccccc1)C(=O)COCc1ccccc1. The molecular weight excluding hydrogens is 402 g/mol. The van der Waals surface area contributed by atoms with Gasteiger partial charge in [-0.3, -0.25) is 9.59 Å². The first-order chi connectivity index (χ1) is 15.7. The summed E-state index contributed by atoms with van der Waals surface area (Å²) in [4.78, 5) is 29.5. The summed E-state index contributed by atoms with van der Waals surface area (Å²) in [5.41, 5.74) is 3.18. The van der Waals surface area contributed by atoms with Gasteiger partial charge >= 0.3 is 0 Å². The van der Waals surface area contributed by atoms with Crippen molar-refractivity contribution in [1.29, 1.82) is 0 Å². The fourth-order valence-corrected chi connectivity index (χ4v) is 4.19. The van der Waals surface area contributed by atoms with Crippen molar-refractivity contribution in [3.63, 3.8) is 0 Å². The number of likely N-dealkylation sites (N-methyl/N-ethyl adjacent to an activating group) is 1. The maximum absolute atomic E-state index is 13.4. The van der Waals surface area contributed by atoms with E-state index in [-0.39, 0.29) is 31.0 Å². The molecule has 6 heteroatoms. The predicted molar refractivity (Wildman–Crippen MR) is 123 cm³/mol. The summed E-state index contributed by atoms with van der Waals surface area (Å²) in [6.07, 6.45) is 2.05. The Morgan fingerprint density at radius 1 is 0.969 bits per heavy atom. The number of aromatic nitrogens is 1. The topological polar surface area (TPSA) is 54.8 Å². The minimum Gasteiger partial charge on any atom is -0.367 e. The Morgan fingerprint density at radius 3 is 2.41 bits per heavy atom. The van der Waals surface area contributed by atoms with Crippen LogP contribution in [0.5, 0.6) is 0 Å². The van der Waals surface area contributed by atoms with Crippen LogP contribution in [0.1, 0.15) is 29.8 Å². The molecule has 3 aromatic rings. The highest BCUT2D eigenvalue weighted by Gasteiger charge is 2.33. The van der Waals surface area contributed by atoms with E-state index in [9.17, 15) is 9.59 Å².